The zero-order valence-corrected chi connectivity index (χ0v) is 10.5. The van der Waals surface area contributed by atoms with Gasteiger partial charge in [0.25, 0.3) is 0 Å². The molecule has 0 aliphatic heterocycles. The first-order chi connectivity index (χ1) is 7.42. The lowest BCUT2D eigenvalue weighted by atomic mass is 9.98. The summed E-state index contributed by atoms with van der Waals surface area (Å²) in [4.78, 5) is 11.0. The molecular formula is C14H20O2. The van der Waals surface area contributed by atoms with Gasteiger partial charge in [-0.1, -0.05) is 24.5 Å². The molecule has 2 heteroatoms. The first-order valence-electron chi connectivity index (χ1n) is 5.77. The Kier molecular flexibility index (Phi) is 3.80. The van der Waals surface area contributed by atoms with Crippen molar-refractivity contribution in [2.75, 3.05) is 0 Å². The van der Waals surface area contributed by atoms with E-state index in [0.717, 1.165) is 12.8 Å². The minimum atomic E-state index is -0.735. The predicted octanol–water partition coefficient (Wildman–Crippen LogP) is 2.93. The summed E-state index contributed by atoms with van der Waals surface area (Å²) in [5.41, 5.74) is 0.635. The van der Waals surface area contributed by atoms with E-state index < -0.39 is 5.60 Å². The maximum absolute atomic E-state index is 11.0. The predicted molar refractivity (Wildman–Crippen MR) is 64.6 cm³/mol. The largest absolute Gasteiger partial charge is 0.446 e. The summed E-state index contributed by atoms with van der Waals surface area (Å²) in [6.07, 6.45) is 9.81. The van der Waals surface area contributed by atoms with E-state index in [1.807, 2.05) is 6.92 Å². The van der Waals surface area contributed by atoms with Gasteiger partial charge in [0, 0.05) is 12.8 Å². The fourth-order valence-electron chi connectivity index (χ4n) is 2.03. The summed E-state index contributed by atoms with van der Waals surface area (Å²) in [5, 5.41) is 0. The zero-order chi connectivity index (χ0) is 12.3. The molecule has 0 heterocycles. The van der Waals surface area contributed by atoms with E-state index in [4.69, 9.17) is 11.2 Å². The van der Waals surface area contributed by atoms with E-state index >= 15 is 0 Å². The summed E-state index contributed by atoms with van der Waals surface area (Å²) >= 11 is 0. The Balaban J connectivity index is 2.67. The molecule has 0 amide bonds. The average Bonchev–Trinajstić information content (AvgIpc) is 2.96. The Bertz CT molecular complexity index is 348. The fraction of sp³-hybridized carbons (Fsp3) is 0.643. The summed E-state index contributed by atoms with van der Waals surface area (Å²) in [5.74, 6) is 3.07. The molecule has 16 heavy (non-hydrogen) atoms. The molecule has 88 valence electrons. The van der Waals surface area contributed by atoms with E-state index in [9.17, 15) is 4.79 Å². The number of rotatable bonds is 4. The number of esters is 1. The van der Waals surface area contributed by atoms with Gasteiger partial charge in [0.2, 0.25) is 0 Å². The van der Waals surface area contributed by atoms with Crippen LogP contribution >= 0.6 is 0 Å². The van der Waals surface area contributed by atoms with Crippen LogP contribution in [0.3, 0.4) is 0 Å². The first-order valence-corrected chi connectivity index (χ1v) is 5.77. The van der Waals surface area contributed by atoms with Gasteiger partial charge in [-0.15, -0.1) is 6.42 Å². The van der Waals surface area contributed by atoms with Gasteiger partial charge in [0.1, 0.15) is 0 Å². The highest BCUT2D eigenvalue weighted by Gasteiger charge is 2.50. The number of hydrogen-bond acceptors (Lipinski definition) is 2. The Labute approximate surface area is 98.1 Å². The molecule has 0 saturated heterocycles. The van der Waals surface area contributed by atoms with E-state index in [1.165, 1.54) is 12.5 Å². The van der Waals surface area contributed by atoms with Gasteiger partial charge >= 0.3 is 5.97 Å². The van der Waals surface area contributed by atoms with Crippen LogP contribution in [0, 0.1) is 24.2 Å². The van der Waals surface area contributed by atoms with Crippen molar-refractivity contribution >= 4 is 5.97 Å². The molecule has 1 rings (SSSR count). The number of terminal acetylenes is 1. The lowest BCUT2D eigenvalue weighted by molar-refractivity contribution is -0.151. The van der Waals surface area contributed by atoms with Crippen LogP contribution in [-0.4, -0.2) is 11.6 Å². The van der Waals surface area contributed by atoms with Gasteiger partial charge in [0.05, 0.1) is 0 Å². The molecule has 1 aliphatic rings. The second-order valence-electron chi connectivity index (χ2n) is 4.72. The van der Waals surface area contributed by atoms with E-state index in [0.29, 0.717) is 5.92 Å². The molecule has 0 radical (unpaired) electrons. The van der Waals surface area contributed by atoms with Crippen LogP contribution in [0.1, 0.15) is 40.5 Å². The standard InChI is InChI=1S/C14H20O2/c1-6-10(3)8-12-9-13(12)14(5,7-2)16-11(4)15/h2,8,12-13H,6,9H2,1,3-5H3/b10-8+/t12-,13-,14?/m1/s1. The topological polar surface area (TPSA) is 26.3 Å². The van der Waals surface area contributed by atoms with Crippen LogP contribution in [-0.2, 0) is 9.53 Å². The Morgan fingerprint density at radius 3 is 2.69 bits per heavy atom. The third kappa shape index (κ3) is 2.88. The summed E-state index contributed by atoms with van der Waals surface area (Å²) in [6.45, 7) is 7.48. The summed E-state index contributed by atoms with van der Waals surface area (Å²) in [6, 6.07) is 0. The van der Waals surface area contributed by atoms with Crippen molar-refractivity contribution < 1.29 is 9.53 Å². The fourth-order valence-corrected chi connectivity index (χ4v) is 2.03. The highest BCUT2D eigenvalue weighted by molar-refractivity contribution is 5.67. The third-order valence-corrected chi connectivity index (χ3v) is 3.25. The Hall–Kier alpha value is -1.23. The molecule has 0 N–H and O–H groups in total. The van der Waals surface area contributed by atoms with Crippen LogP contribution < -0.4 is 0 Å². The number of hydrogen-bond donors (Lipinski definition) is 0. The lowest BCUT2D eigenvalue weighted by Gasteiger charge is -2.23. The van der Waals surface area contributed by atoms with Crippen LogP contribution in [0.2, 0.25) is 0 Å². The van der Waals surface area contributed by atoms with Crippen molar-refractivity contribution in [1.29, 1.82) is 0 Å². The molecule has 1 unspecified atom stereocenters. The normalized spacial score (nSPS) is 27.8. The smallest absolute Gasteiger partial charge is 0.304 e. The van der Waals surface area contributed by atoms with E-state index in [1.54, 1.807) is 0 Å². The number of ether oxygens (including phenoxy) is 1. The van der Waals surface area contributed by atoms with Crippen molar-refractivity contribution in [1.82, 2.24) is 0 Å². The van der Waals surface area contributed by atoms with Crippen molar-refractivity contribution in [2.45, 2.75) is 46.1 Å². The van der Waals surface area contributed by atoms with Crippen LogP contribution in [0.5, 0.6) is 0 Å². The maximum atomic E-state index is 11.0. The van der Waals surface area contributed by atoms with Gasteiger partial charge in [-0.2, -0.15) is 0 Å². The minimum Gasteiger partial charge on any atom is -0.446 e. The van der Waals surface area contributed by atoms with Crippen molar-refractivity contribution in [3.8, 4) is 12.3 Å². The molecule has 0 aromatic rings. The highest BCUT2D eigenvalue weighted by Crippen LogP contribution is 2.49. The zero-order valence-electron chi connectivity index (χ0n) is 10.5. The van der Waals surface area contributed by atoms with Gasteiger partial charge in [-0.3, -0.25) is 4.79 Å². The molecule has 3 atom stereocenters. The monoisotopic (exact) mass is 220 g/mol. The van der Waals surface area contributed by atoms with Gasteiger partial charge in [0.15, 0.2) is 5.60 Å². The highest BCUT2D eigenvalue weighted by atomic mass is 16.6. The second kappa shape index (κ2) is 4.74. The summed E-state index contributed by atoms with van der Waals surface area (Å²) in [7, 11) is 0. The molecule has 0 aromatic heterocycles. The van der Waals surface area contributed by atoms with Crippen molar-refractivity contribution in [2.24, 2.45) is 11.8 Å². The SMILES string of the molecule is C#CC(C)(OC(C)=O)[C@@H]1C[C@H]1/C=C(\C)CC. The molecule has 2 nitrogen and oxygen atoms in total. The van der Waals surface area contributed by atoms with E-state index in [2.05, 4.69) is 25.8 Å². The maximum Gasteiger partial charge on any atom is 0.304 e. The summed E-state index contributed by atoms with van der Waals surface area (Å²) < 4.78 is 5.25. The number of allylic oxidation sites excluding steroid dienone is 2. The quantitative estimate of drug-likeness (QED) is 0.413. The Morgan fingerprint density at radius 2 is 2.25 bits per heavy atom. The lowest BCUT2D eigenvalue weighted by Crippen LogP contribution is -2.32. The molecular weight excluding hydrogens is 200 g/mol. The van der Waals surface area contributed by atoms with Crippen LogP contribution in [0.25, 0.3) is 0 Å². The second-order valence-corrected chi connectivity index (χ2v) is 4.72. The molecule has 1 saturated carbocycles. The average molecular weight is 220 g/mol. The van der Waals surface area contributed by atoms with Gasteiger partial charge in [-0.05, 0) is 32.6 Å². The van der Waals surface area contributed by atoms with Gasteiger partial charge < -0.3 is 4.74 Å². The van der Waals surface area contributed by atoms with Crippen LogP contribution in [0.15, 0.2) is 11.6 Å². The molecule has 1 fully saturated rings. The molecule has 1 aliphatic carbocycles. The number of carbonyl (C=O) groups is 1. The van der Waals surface area contributed by atoms with Gasteiger partial charge in [-0.25, -0.2) is 0 Å². The van der Waals surface area contributed by atoms with Crippen LogP contribution in [0.4, 0.5) is 0 Å². The van der Waals surface area contributed by atoms with E-state index in [-0.39, 0.29) is 11.9 Å². The van der Waals surface area contributed by atoms with Crippen molar-refractivity contribution in [3.05, 3.63) is 11.6 Å². The molecule has 0 bridgehead atoms. The number of carbonyl (C=O) groups excluding carboxylic acids is 1. The molecule has 0 aromatic carbocycles. The van der Waals surface area contributed by atoms with Crippen molar-refractivity contribution in [3.63, 3.8) is 0 Å². The minimum absolute atomic E-state index is 0.280. The Morgan fingerprint density at radius 1 is 1.62 bits per heavy atom. The third-order valence-electron chi connectivity index (χ3n) is 3.25. The first kappa shape index (κ1) is 12.8. The molecule has 0 spiro atoms.